The lowest BCUT2D eigenvalue weighted by Gasteiger charge is -2.10. The number of hydrogen-bond donors (Lipinski definition) is 1. The normalized spacial score (nSPS) is 12.4. The van der Waals surface area contributed by atoms with Crippen molar-refractivity contribution in [2.45, 2.75) is 20.0 Å². The van der Waals surface area contributed by atoms with Crippen LogP contribution in [0.25, 0.3) is 21.9 Å². The molecule has 0 saturated carbocycles. The molecule has 4 nitrogen and oxygen atoms in total. The van der Waals surface area contributed by atoms with E-state index in [9.17, 15) is 23.2 Å². The predicted octanol–water partition coefficient (Wildman–Crippen LogP) is 4.68. The second kappa shape index (κ2) is 6.42. The molecular weight excluding hydrogens is 363 g/mol. The number of aromatic amines is 1. The average Bonchev–Trinajstić information content (AvgIpc) is 2.86. The van der Waals surface area contributed by atoms with E-state index in [1.54, 1.807) is 6.92 Å². The molecule has 0 aliphatic carbocycles. The van der Waals surface area contributed by atoms with Crippen molar-refractivity contribution in [3.05, 3.63) is 62.0 Å². The second-order valence-electron chi connectivity index (χ2n) is 5.63. The third-order valence-corrected chi connectivity index (χ3v) is 5.08. The van der Waals surface area contributed by atoms with Gasteiger partial charge in [0.2, 0.25) is 0 Å². The number of nitrogens with zero attached hydrogens (tertiary/aromatic N) is 2. The van der Waals surface area contributed by atoms with Gasteiger partial charge in [-0.1, -0.05) is 18.2 Å². The zero-order valence-corrected chi connectivity index (χ0v) is 14.5. The smallest absolute Gasteiger partial charge is 0.305 e. The highest BCUT2D eigenvalue weighted by Gasteiger charge is 2.32. The first-order valence-corrected chi connectivity index (χ1v) is 8.32. The Hall–Kier alpha value is -2.92. The Bertz CT molecular complexity index is 1130. The summed E-state index contributed by atoms with van der Waals surface area (Å²) in [4.78, 5) is 20.5. The molecule has 0 aliphatic heterocycles. The Labute approximate surface area is 150 Å². The summed E-state index contributed by atoms with van der Waals surface area (Å²) < 4.78 is 39.4. The summed E-state index contributed by atoms with van der Waals surface area (Å²) >= 11 is 1.30. The number of H-pyrrole nitrogens is 1. The molecular formula is C18H12F3N3OS. The number of hydrogen-bond acceptors (Lipinski definition) is 4. The molecule has 0 saturated heterocycles. The zero-order chi connectivity index (χ0) is 19.1. The van der Waals surface area contributed by atoms with Crippen LogP contribution in [0.2, 0.25) is 0 Å². The Balaban J connectivity index is 2.20. The van der Waals surface area contributed by atoms with Crippen molar-refractivity contribution in [1.29, 1.82) is 5.26 Å². The maximum Gasteiger partial charge on any atom is 0.416 e. The molecule has 1 N–H and O–H groups in total. The molecule has 3 rings (SSSR count). The summed E-state index contributed by atoms with van der Waals surface area (Å²) in [7, 11) is 0. The molecule has 0 amide bonds. The maximum absolute atomic E-state index is 13.1. The summed E-state index contributed by atoms with van der Waals surface area (Å²) in [5.41, 5.74) is -0.798. The number of allylic oxidation sites excluding steroid dienone is 1. The molecule has 0 bridgehead atoms. The van der Waals surface area contributed by atoms with Crippen LogP contribution in [-0.2, 0) is 6.18 Å². The van der Waals surface area contributed by atoms with Gasteiger partial charge in [0.1, 0.15) is 10.9 Å². The summed E-state index contributed by atoms with van der Waals surface area (Å²) in [5, 5.41) is 9.83. The van der Waals surface area contributed by atoms with Crippen LogP contribution in [0.15, 0.2) is 29.1 Å². The van der Waals surface area contributed by atoms with Gasteiger partial charge >= 0.3 is 6.18 Å². The van der Waals surface area contributed by atoms with Gasteiger partial charge in [-0.3, -0.25) is 4.79 Å². The molecule has 0 radical (unpaired) electrons. The van der Waals surface area contributed by atoms with E-state index in [2.05, 4.69) is 9.97 Å². The summed E-state index contributed by atoms with van der Waals surface area (Å²) in [6, 6.07) is 6.74. The molecule has 2 aromatic heterocycles. The average molecular weight is 375 g/mol. The van der Waals surface area contributed by atoms with Crippen molar-refractivity contribution in [3.63, 3.8) is 0 Å². The number of aryl methyl sites for hydroxylation is 2. The van der Waals surface area contributed by atoms with Crippen molar-refractivity contribution in [2.75, 3.05) is 0 Å². The Morgan fingerprint density at radius 3 is 2.65 bits per heavy atom. The van der Waals surface area contributed by atoms with Gasteiger partial charge in [0.15, 0.2) is 5.82 Å². The van der Waals surface area contributed by atoms with E-state index < -0.39 is 17.3 Å². The van der Waals surface area contributed by atoms with E-state index in [1.165, 1.54) is 29.5 Å². The number of alkyl halides is 3. The fourth-order valence-corrected chi connectivity index (χ4v) is 3.60. The van der Waals surface area contributed by atoms with Gasteiger partial charge in [-0.2, -0.15) is 18.4 Å². The minimum Gasteiger partial charge on any atom is -0.305 e. The summed E-state index contributed by atoms with van der Waals surface area (Å²) in [5.74, 6) is -0.0526. The fraction of sp³-hybridized carbons (Fsp3) is 0.167. The molecule has 8 heteroatoms. The number of fused-ring (bicyclic) bond motifs is 1. The van der Waals surface area contributed by atoms with Crippen molar-refractivity contribution in [2.24, 2.45) is 0 Å². The van der Waals surface area contributed by atoms with Crippen LogP contribution >= 0.6 is 11.3 Å². The summed E-state index contributed by atoms with van der Waals surface area (Å²) in [6.07, 6.45) is -3.47. The third kappa shape index (κ3) is 3.13. The highest BCUT2D eigenvalue weighted by atomic mass is 32.1. The molecule has 0 spiro atoms. The lowest BCUT2D eigenvalue weighted by molar-refractivity contribution is -0.137. The SMILES string of the molecule is Cc1sc2nc(/C(C#N)=C/c3ccccc3C(F)(F)F)[nH]c(=O)c2c1C. The third-order valence-electron chi connectivity index (χ3n) is 3.98. The van der Waals surface area contributed by atoms with Crippen LogP contribution in [-0.4, -0.2) is 9.97 Å². The molecule has 0 aliphatic rings. The monoisotopic (exact) mass is 375 g/mol. The first-order chi connectivity index (χ1) is 12.2. The van der Waals surface area contributed by atoms with Crippen molar-refractivity contribution in [1.82, 2.24) is 9.97 Å². The Morgan fingerprint density at radius 1 is 1.31 bits per heavy atom. The van der Waals surface area contributed by atoms with Gasteiger partial charge < -0.3 is 4.98 Å². The van der Waals surface area contributed by atoms with E-state index in [0.717, 1.165) is 22.6 Å². The van der Waals surface area contributed by atoms with Crippen LogP contribution in [0.1, 0.15) is 27.4 Å². The lowest BCUT2D eigenvalue weighted by atomic mass is 10.0. The van der Waals surface area contributed by atoms with Crippen LogP contribution in [0.3, 0.4) is 0 Å². The molecule has 0 unspecified atom stereocenters. The number of nitrogens with one attached hydrogen (secondary N) is 1. The molecule has 0 fully saturated rings. The largest absolute Gasteiger partial charge is 0.416 e. The molecule has 26 heavy (non-hydrogen) atoms. The quantitative estimate of drug-likeness (QED) is 0.661. The van der Waals surface area contributed by atoms with E-state index in [-0.39, 0.29) is 17.0 Å². The van der Waals surface area contributed by atoms with E-state index in [4.69, 9.17) is 0 Å². The predicted molar refractivity (Wildman–Crippen MR) is 94.6 cm³/mol. The fourth-order valence-electron chi connectivity index (χ4n) is 2.57. The maximum atomic E-state index is 13.1. The lowest BCUT2D eigenvalue weighted by Crippen LogP contribution is -2.11. The topological polar surface area (TPSA) is 69.5 Å². The zero-order valence-electron chi connectivity index (χ0n) is 13.7. The highest BCUT2D eigenvalue weighted by Crippen LogP contribution is 2.33. The van der Waals surface area contributed by atoms with Gasteiger partial charge in [-0.25, -0.2) is 4.98 Å². The first-order valence-electron chi connectivity index (χ1n) is 7.50. The van der Waals surface area contributed by atoms with Crippen molar-refractivity contribution in [3.8, 4) is 6.07 Å². The molecule has 2 heterocycles. The molecule has 132 valence electrons. The van der Waals surface area contributed by atoms with Crippen LogP contribution in [0.5, 0.6) is 0 Å². The van der Waals surface area contributed by atoms with E-state index >= 15 is 0 Å². The van der Waals surface area contributed by atoms with E-state index in [1.807, 2.05) is 13.0 Å². The van der Waals surface area contributed by atoms with Crippen LogP contribution < -0.4 is 5.56 Å². The number of nitriles is 1. The van der Waals surface area contributed by atoms with Gasteiger partial charge in [0.05, 0.1) is 16.5 Å². The van der Waals surface area contributed by atoms with E-state index in [0.29, 0.717) is 10.2 Å². The Morgan fingerprint density at radius 2 is 2.00 bits per heavy atom. The van der Waals surface area contributed by atoms with Gasteiger partial charge in [-0.15, -0.1) is 11.3 Å². The standard InChI is InChI=1S/C18H12F3N3OS/c1-9-10(2)26-17-14(9)16(25)23-15(24-17)12(8-22)7-11-5-3-4-6-13(11)18(19,20)21/h3-7H,1-2H3,(H,23,24,25)/b12-7+. The number of thiophene rings is 1. The highest BCUT2D eigenvalue weighted by molar-refractivity contribution is 7.18. The minimum absolute atomic E-state index is 0.0526. The van der Waals surface area contributed by atoms with Crippen molar-refractivity contribution < 1.29 is 13.2 Å². The van der Waals surface area contributed by atoms with Crippen LogP contribution in [0, 0.1) is 25.2 Å². The summed E-state index contributed by atoms with van der Waals surface area (Å²) in [6.45, 7) is 3.65. The number of aromatic nitrogens is 2. The van der Waals surface area contributed by atoms with Gasteiger partial charge in [0.25, 0.3) is 5.56 Å². The van der Waals surface area contributed by atoms with Gasteiger partial charge in [0, 0.05) is 4.88 Å². The first kappa shape index (κ1) is 17.9. The van der Waals surface area contributed by atoms with Crippen molar-refractivity contribution >= 4 is 33.2 Å². The van der Waals surface area contributed by atoms with Crippen LogP contribution in [0.4, 0.5) is 13.2 Å². The minimum atomic E-state index is -4.56. The number of halogens is 3. The second-order valence-corrected chi connectivity index (χ2v) is 6.84. The molecule has 0 atom stereocenters. The molecule has 3 aromatic rings. The van der Waals surface area contributed by atoms with Gasteiger partial charge in [-0.05, 0) is 37.1 Å². The number of benzene rings is 1. The number of rotatable bonds is 2. The Kier molecular flexibility index (Phi) is 4.42. The molecule has 1 aromatic carbocycles.